The van der Waals surface area contributed by atoms with Gasteiger partial charge in [0.05, 0.1) is 5.69 Å². The molecule has 5 aliphatic rings. The molecule has 1 heterocycles. The summed E-state index contributed by atoms with van der Waals surface area (Å²) in [5.74, 6) is 3.30. The maximum atomic E-state index is 6.28. The quantitative estimate of drug-likeness (QED) is 0.178. The van der Waals surface area contributed by atoms with Crippen molar-refractivity contribution in [2.24, 2.45) is 23.7 Å². The van der Waals surface area contributed by atoms with Gasteiger partial charge in [0.1, 0.15) is 11.2 Å². The van der Waals surface area contributed by atoms with E-state index < -0.39 is 0 Å². The van der Waals surface area contributed by atoms with Crippen molar-refractivity contribution in [3.05, 3.63) is 175 Å². The number of nitrogens with zero attached hydrogens (tertiary/aromatic N) is 1. The van der Waals surface area contributed by atoms with E-state index in [1.807, 2.05) is 12.1 Å². The Hall–Kier alpha value is -5.86. The van der Waals surface area contributed by atoms with Crippen molar-refractivity contribution >= 4 is 39.0 Å². The number of hydrogen-bond donors (Lipinski definition) is 0. The Labute approximate surface area is 316 Å². The van der Waals surface area contributed by atoms with Crippen molar-refractivity contribution in [2.45, 2.75) is 37.5 Å². The highest BCUT2D eigenvalue weighted by Gasteiger charge is 2.61. The third kappa shape index (κ3) is 4.34. The van der Waals surface area contributed by atoms with Gasteiger partial charge in [-0.1, -0.05) is 115 Å². The van der Waals surface area contributed by atoms with E-state index in [4.69, 9.17) is 4.42 Å². The Kier molecular flexibility index (Phi) is 6.55. The van der Waals surface area contributed by atoms with Crippen molar-refractivity contribution < 1.29 is 4.42 Å². The van der Waals surface area contributed by atoms with Crippen LogP contribution in [0, 0.1) is 23.7 Å². The van der Waals surface area contributed by atoms with E-state index in [-0.39, 0.29) is 5.41 Å². The lowest BCUT2D eigenvalue weighted by atomic mass is 9.43. The number of para-hydroxylation sites is 1. The molecule has 1 aromatic heterocycles. The van der Waals surface area contributed by atoms with E-state index >= 15 is 0 Å². The van der Waals surface area contributed by atoms with E-state index in [1.54, 1.807) is 11.1 Å². The summed E-state index contributed by atoms with van der Waals surface area (Å²) in [7, 11) is 0. The first-order valence-corrected chi connectivity index (χ1v) is 19.9. The Balaban J connectivity index is 1.02. The molecule has 0 amide bonds. The molecule has 0 saturated heterocycles. The zero-order chi connectivity index (χ0) is 35.4. The Morgan fingerprint density at radius 3 is 1.76 bits per heavy atom. The normalized spacial score (nSPS) is 23.3. The largest absolute Gasteiger partial charge is 0.456 e. The fourth-order valence-corrected chi connectivity index (χ4v) is 11.9. The second kappa shape index (κ2) is 11.6. The summed E-state index contributed by atoms with van der Waals surface area (Å²) < 4.78 is 6.28. The van der Waals surface area contributed by atoms with Crippen LogP contribution in [0.2, 0.25) is 0 Å². The standard InChI is InChI=1S/C52H41NO/c1-2-9-35(10-3-1)36-17-22-41(23-18-36)53(42-24-19-37(20-25-42)38-21-26-44-43-11-5-7-16-49(43)54-50(44)32-38)48-15-8-14-47-51(48)45-12-4-6-13-46(45)52(47)39-28-33-27-34(30-39)31-40(52)29-33/h1-26,32-34,39-40H,27-31H2. The summed E-state index contributed by atoms with van der Waals surface area (Å²) >= 11 is 0. The minimum atomic E-state index is 0.122. The molecule has 2 nitrogen and oxygen atoms in total. The summed E-state index contributed by atoms with van der Waals surface area (Å²) in [6.45, 7) is 0. The summed E-state index contributed by atoms with van der Waals surface area (Å²) in [4.78, 5) is 2.52. The monoisotopic (exact) mass is 695 g/mol. The smallest absolute Gasteiger partial charge is 0.136 e. The molecular formula is C52H41NO. The molecule has 0 radical (unpaired) electrons. The third-order valence-electron chi connectivity index (χ3n) is 13.9. The topological polar surface area (TPSA) is 16.4 Å². The molecule has 1 spiro atoms. The molecule has 0 N–H and O–H groups in total. The molecule has 0 aliphatic heterocycles. The van der Waals surface area contributed by atoms with E-state index in [9.17, 15) is 0 Å². The van der Waals surface area contributed by atoms with Crippen LogP contribution in [0.15, 0.2) is 168 Å². The van der Waals surface area contributed by atoms with Gasteiger partial charge in [-0.05, 0) is 143 Å². The number of anilines is 3. The molecule has 260 valence electrons. The minimum absolute atomic E-state index is 0.122. The first kappa shape index (κ1) is 30.6. The highest BCUT2D eigenvalue weighted by atomic mass is 16.3. The van der Waals surface area contributed by atoms with Gasteiger partial charge in [-0.2, -0.15) is 0 Å². The van der Waals surface area contributed by atoms with Crippen LogP contribution >= 0.6 is 0 Å². The fourth-order valence-electron chi connectivity index (χ4n) is 11.9. The summed E-state index contributed by atoms with van der Waals surface area (Å²) in [5, 5.41) is 2.32. The fraction of sp³-hybridized carbons (Fsp3) is 0.192. The summed E-state index contributed by atoms with van der Waals surface area (Å²) in [6, 6.07) is 60.7. The van der Waals surface area contributed by atoms with Gasteiger partial charge in [-0.25, -0.2) is 0 Å². The molecule has 0 unspecified atom stereocenters. The molecule has 5 aliphatic carbocycles. The first-order valence-electron chi connectivity index (χ1n) is 19.9. The van der Waals surface area contributed by atoms with Crippen molar-refractivity contribution in [1.82, 2.24) is 0 Å². The second-order valence-electron chi connectivity index (χ2n) is 16.5. The summed E-state index contributed by atoms with van der Waals surface area (Å²) in [5.41, 5.74) is 16.4. The van der Waals surface area contributed by atoms with Gasteiger partial charge < -0.3 is 9.32 Å². The Bertz CT molecular complexity index is 2690. The molecule has 13 rings (SSSR count). The van der Waals surface area contributed by atoms with Gasteiger partial charge in [0, 0.05) is 33.1 Å². The highest BCUT2D eigenvalue weighted by molar-refractivity contribution is 6.06. The molecule has 2 heteroatoms. The van der Waals surface area contributed by atoms with Gasteiger partial charge in [-0.3, -0.25) is 0 Å². The molecule has 4 bridgehead atoms. The van der Waals surface area contributed by atoms with Crippen molar-refractivity contribution in [2.75, 3.05) is 4.90 Å². The van der Waals surface area contributed by atoms with E-state index in [0.717, 1.165) is 56.9 Å². The van der Waals surface area contributed by atoms with Crippen LogP contribution in [0.5, 0.6) is 0 Å². The van der Waals surface area contributed by atoms with Crippen molar-refractivity contribution in [3.8, 4) is 33.4 Å². The lowest BCUT2D eigenvalue weighted by molar-refractivity contribution is -0.0399. The molecule has 54 heavy (non-hydrogen) atoms. The van der Waals surface area contributed by atoms with Crippen molar-refractivity contribution in [3.63, 3.8) is 0 Å². The molecule has 7 aromatic carbocycles. The average Bonchev–Trinajstić information content (AvgIpc) is 3.74. The zero-order valence-electron chi connectivity index (χ0n) is 30.3. The van der Waals surface area contributed by atoms with Crippen LogP contribution in [0.4, 0.5) is 17.1 Å². The highest BCUT2D eigenvalue weighted by Crippen LogP contribution is 2.70. The van der Waals surface area contributed by atoms with Crippen LogP contribution in [-0.4, -0.2) is 0 Å². The minimum Gasteiger partial charge on any atom is -0.456 e. The first-order chi connectivity index (χ1) is 26.7. The van der Waals surface area contributed by atoms with E-state index in [0.29, 0.717) is 0 Å². The van der Waals surface area contributed by atoms with Gasteiger partial charge >= 0.3 is 0 Å². The third-order valence-corrected chi connectivity index (χ3v) is 13.9. The molecule has 0 atom stereocenters. The SMILES string of the molecule is c1ccc(-c2ccc(N(c3ccc(-c4ccc5c(c4)oc4ccccc45)cc3)c3cccc4c3-c3ccccc3C43C4CC5CC(C4)CC3C5)cc2)cc1. The number of rotatable bonds is 5. The predicted molar refractivity (Wildman–Crippen MR) is 223 cm³/mol. The van der Waals surface area contributed by atoms with Gasteiger partial charge in [0.25, 0.3) is 0 Å². The van der Waals surface area contributed by atoms with E-state index in [2.05, 4.69) is 157 Å². The predicted octanol–water partition coefficient (Wildman–Crippen LogP) is 14.1. The number of fused-ring (bicyclic) bond motifs is 6. The molecular weight excluding hydrogens is 655 g/mol. The van der Waals surface area contributed by atoms with Crippen LogP contribution in [0.3, 0.4) is 0 Å². The maximum Gasteiger partial charge on any atom is 0.136 e. The van der Waals surface area contributed by atoms with Gasteiger partial charge in [-0.15, -0.1) is 0 Å². The van der Waals surface area contributed by atoms with Crippen molar-refractivity contribution in [1.29, 1.82) is 0 Å². The second-order valence-corrected chi connectivity index (χ2v) is 16.5. The lowest BCUT2D eigenvalue weighted by Crippen LogP contribution is -2.55. The van der Waals surface area contributed by atoms with Crippen LogP contribution in [0.25, 0.3) is 55.3 Å². The molecule has 8 aromatic rings. The molecule has 4 fully saturated rings. The average molecular weight is 696 g/mol. The van der Waals surface area contributed by atoms with Crippen LogP contribution in [0.1, 0.15) is 43.2 Å². The Morgan fingerprint density at radius 1 is 0.444 bits per heavy atom. The number of hydrogen-bond acceptors (Lipinski definition) is 2. The number of benzene rings is 7. The summed E-state index contributed by atoms with van der Waals surface area (Å²) in [6.07, 6.45) is 7.01. The molecule has 4 saturated carbocycles. The number of furan rings is 1. The maximum absolute atomic E-state index is 6.28. The zero-order valence-corrected chi connectivity index (χ0v) is 30.3. The van der Waals surface area contributed by atoms with Gasteiger partial charge in [0.15, 0.2) is 0 Å². The lowest BCUT2D eigenvalue weighted by Gasteiger charge is -2.61. The van der Waals surface area contributed by atoms with Crippen LogP contribution < -0.4 is 4.90 Å². The Morgan fingerprint density at radius 2 is 1.02 bits per heavy atom. The van der Waals surface area contributed by atoms with Gasteiger partial charge in [0.2, 0.25) is 0 Å². The van der Waals surface area contributed by atoms with Crippen LogP contribution in [-0.2, 0) is 5.41 Å². The van der Waals surface area contributed by atoms with E-state index in [1.165, 1.54) is 71.3 Å².